The number of rotatable bonds is 2. The second kappa shape index (κ2) is 5.99. The fraction of sp³-hybridized carbons (Fsp3) is 0.250. The van der Waals surface area contributed by atoms with E-state index in [1.807, 2.05) is 35.2 Å². The van der Waals surface area contributed by atoms with E-state index in [-0.39, 0.29) is 21.9 Å². The molecule has 0 saturated heterocycles. The summed E-state index contributed by atoms with van der Waals surface area (Å²) in [7, 11) is 30.3. The van der Waals surface area contributed by atoms with E-state index in [9.17, 15) is 0 Å². The molecule has 0 aliphatic carbocycles. The Hall–Kier alpha value is -1.44. The molecule has 10 radical (unpaired) electrons. The third kappa shape index (κ3) is 2.88. The zero-order valence-corrected chi connectivity index (χ0v) is 13.2. The molecule has 0 atom stereocenters. The van der Waals surface area contributed by atoms with Crippen LogP contribution in [-0.2, 0) is 0 Å². The molecule has 0 unspecified atom stereocenters. The van der Waals surface area contributed by atoms with E-state index in [0.717, 1.165) is 5.69 Å². The van der Waals surface area contributed by atoms with Crippen molar-refractivity contribution < 1.29 is 0 Å². The van der Waals surface area contributed by atoms with E-state index in [1.165, 1.54) is 0 Å². The molecule has 0 aromatic heterocycles. The maximum atomic E-state index is 6.21. The predicted molar refractivity (Wildman–Crippen MR) is 102 cm³/mol. The van der Waals surface area contributed by atoms with Crippen LogP contribution in [0.15, 0.2) is 30.3 Å². The van der Waals surface area contributed by atoms with Crippen LogP contribution in [0.4, 0.5) is 11.4 Å². The number of anilines is 2. The highest BCUT2D eigenvalue weighted by Crippen LogP contribution is 2.29. The van der Waals surface area contributed by atoms with Gasteiger partial charge in [0.2, 0.25) is 0 Å². The molecule has 98 valence electrons. The first-order chi connectivity index (χ1) is 10.2. The van der Waals surface area contributed by atoms with Gasteiger partial charge in [0.05, 0.1) is 0 Å². The molecule has 0 amide bonds. The number of nitrogens with zero attached hydrogens (tertiary/aromatic N) is 1. The first-order valence-corrected chi connectivity index (χ1v) is 7.02. The Bertz CT molecular complexity index is 663. The van der Waals surface area contributed by atoms with Crippen molar-refractivity contribution in [2.75, 3.05) is 4.90 Å². The largest absolute Gasteiger partial charge is 0.337 e. The lowest BCUT2D eigenvalue weighted by molar-refractivity contribution is 0.562. The number of benzene rings is 2. The standard InChI is InChI=1S/C16H14B5N/c1-16(2,3)22(9-7-5-4-6-8-9)15-13(20)11(18)10(17)12(19)14(15)21/h4-8H,1-3H3. The van der Waals surface area contributed by atoms with Crippen molar-refractivity contribution in [2.45, 2.75) is 26.3 Å². The van der Waals surface area contributed by atoms with Gasteiger partial charge in [0.25, 0.3) is 0 Å². The van der Waals surface area contributed by atoms with Gasteiger partial charge in [-0.2, -0.15) is 0 Å². The Morgan fingerprint density at radius 1 is 0.682 bits per heavy atom. The molecule has 0 heterocycles. The summed E-state index contributed by atoms with van der Waals surface area (Å²) in [4.78, 5) is 2.02. The van der Waals surface area contributed by atoms with E-state index >= 15 is 0 Å². The summed E-state index contributed by atoms with van der Waals surface area (Å²) in [5, 5.41) is 0. The predicted octanol–water partition coefficient (Wildman–Crippen LogP) is -1.41. The quantitative estimate of drug-likeness (QED) is 0.609. The monoisotopic (exact) mass is 275 g/mol. The van der Waals surface area contributed by atoms with Crippen LogP contribution in [0, 0.1) is 0 Å². The zero-order valence-electron chi connectivity index (χ0n) is 13.2. The lowest BCUT2D eigenvalue weighted by atomic mass is 9.61. The third-order valence-corrected chi connectivity index (χ3v) is 3.58. The molecular weight excluding hydrogens is 260 g/mol. The van der Waals surface area contributed by atoms with E-state index in [1.54, 1.807) is 0 Å². The zero-order chi connectivity index (χ0) is 16.7. The lowest BCUT2D eigenvalue weighted by Crippen LogP contribution is -2.58. The molecule has 0 bridgehead atoms. The third-order valence-electron chi connectivity index (χ3n) is 3.58. The molecule has 6 heteroatoms. The van der Waals surface area contributed by atoms with Crippen LogP contribution >= 0.6 is 0 Å². The molecule has 22 heavy (non-hydrogen) atoms. The van der Waals surface area contributed by atoms with Gasteiger partial charge < -0.3 is 4.90 Å². The van der Waals surface area contributed by atoms with Crippen LogP contribution < -0.4 is 32.2 Å². The van der Waals surface area contributed by atoms with Crippen molar-refractivity contribution in [3.05, 3.63) is 30.3 Å². The minimum Gasteiger partial charge on any atom is -0.337 e. The molecular formula is C16H14B5N. The Balaban J connectivity index is 2.80. The molecule has 2 rings (SSSR count). The van der Waals surface area contributed by atoms with Gasteiger partial charge >= 0.3 is 0 Å². The smallest absolute Gasteiger partial charge is 0.115 e. The SMILES string of the molecule is [B]c1c([B])c([B])c(N(c2ccccc2)C(C)(C)C)c([B])c1[B]. The summed E-state index contributed by atoms with van der Waals surface area (Å²) >= 11 is 0. The molecule has 1 nitrogen and oxygen atoms in total. The van der Waals surface area contributed by atoms with Crippen LogP contribution in [0.25, 0.3) is 0 Å². The molecule has 0 N–H and O–H groups in total. The molecule has 2 aromatic rings. The highest BCUT2D eigenvalue weighted by Gasteiger charge is 2.26. The maximum absolute atomic E-state index is 6.21. The van der Waals surface area contributed by atoms with E-state index in [2.05, 4.69) is 20.8 Å². The fourth-order valence-electron chi connectivity index (χ4n) is 2.51. The summed E-state index contributed by atoms with van der Waals surface area (Å²) < 4.78 is 0. The molecule has 0 fully saturated rings. The summed E-state index contributed by atoms with van der Waals surface area (Å²) in [6.07, 6.45) is 0. The molecule has 0 saturated carbocycles. The number of para-hydroxylation sites is 1. The van der Waals surface area contributed by atoms with Gasteiger partial charge in [-0.15, -0.1) is 16.4 Å². The topological polar surface area (TPSA) is 3.24 Å². The summed E-state index contributed by atoms with van der Waals surface area (Å²) in [6.45, 7) is 6.17. The second-order valence-electron chi connectivity index (χ2n) is 6.26. The van der Waals surface area contributed by atoms with E-state index in [0.29, 0.717) is 16.6 Å². The van der Waals surface area contributed by atoms with E-state index in [4.69, 9.17) is 39.2 Å². The van der Waals surface area contributed by atoms with Gasteiger partial charge in [-0.1, -0.05) is 29.1 Å². The Morgan fingerprint density at radius 2 is 1.09 bits per heavy atom. The minimum atomic E-state index is -0.293. The Labute approximate surface area is 139 Å². The van der Waals surface area contributed by atoms with Crippen LogP contribution in [0.5, 0.6) is 0 Å². The summed E-state index contributed by atoms with van der Waals surface area (Å²) in [5.74, 6) is 0. The van der Waals surface area contributed by atoms with Crippen LogP contribution in [-0.4, -0.2) is 44.8 Å². The van der Waals surface area contributed by atoms with Gasteiger partial charge in [-0.05, 0) is 32.9 Å². The maximum Gasteiger partial charge on any atom is 0.115 e. The van der Waals surface area contributed by atoms with Crippen LogP contribution in [0.3, 0.4) is 0 Å². The summed E-state index contributed by atoms with van der Waals surface area (Å²) in [5.41, 5.74) is 2.64. The number of hydrogen-bond donors (Lipinski definition) is 0. The first-order valence-electron chi connectivity index (χ1n) is 7.02. The van der Waals surface area contributed by atoms with Gasteiger partial charge in [-0.25, -0.2) is 0 Å². The average molecular weight is 274 g/mol. The number of hydrogen-bond acceptors (Lipinski definition) is 1. The summed E-state index contributed by atoms with van der Waals surface area (Å²) in [6, 6.07) is 9.80. The molecule has 0 aliphatic heterocycles. The minimum absolute atomic E-state index is 0.223. The molecule has 0 spiro atoms. The lowest BCUT2D eigenvalue weighted by Gasteiger charge is -2.41. The molecule has 2 aromatic carbocycles. The van der Waals surface area contributed by atoms with Crippen molar-refractivity contribution in [1.82, 2.24) is 0 Å². The van der Waals surface area contributed by atoms with Crippen LogP contribution in [0.1, 0.15) is 20.8 Å². The van der Waals surface area contributed by atoms with Gasteiger partial charge in [0.15, 0.2) is 0 Å². The van der Waals surface area contributed by atoms with Crippen molar-refractivity contribution in [3.63, 3.8) is 0 Å². The van der Waals surface area contributed by atoms with Gasteiger partial charge in [0, 0.05) is 16.9 Å². The Morgan fingerprint density at radius 3 is 1.50 bits per heavy atom. The van der Waals surface area contributed by atoms with Crippen molar-refractivity contribution in [2.24, 2.45) is 0 Å². The van der Waals surface area contributed by atoms with Gasteiger partial charge in [0.1, 0.15) is 39.2 Å². The van der Waals surface area contributed by atoms with Crippen molar-refractivity contribution >= 4 is 77.9 Å². The second-order valence-corrected chi connectivity index (χ2v) is 6.26. The highest BCUT2D eigenvalue weighted by molar-refractivity contribution is 6.68. The van der Waals surface area contributed by atoms with Crippen molar-refractivity contribution in [1.29, 1.82) is 0 Å². The van der Waals surface area contributed by atoms with Crippen molar-refractivity contribution in [3.8, 4) is 0 Å². The normalized spacial score (nSPS) is 11.4. The fourth-order valence-corrected chi connectivity index (χ4v) is 2.51. The van der Waals surface area contributed by atoms with E-state index < -0.39 is 0 Å². The Kier molecular flexibility index (Phi) is 4.61. The average Bonchev–Trinajstić information content (AvgIpc) is 2.47. The first kappa shape index (κ1) is 16.9. The van der Waals surface area contributed by atoms with Gasteiger partial charge in [-0.3, -0.25) is 0 Å². The molecule has 0 aliphatic rings. The van der Waals surface area contributed by atoms with Crippen LogP contribution in [0.2, 0.25) is 0 Å². The highest BCUT2D eigenvalue weighted by atomic mass is 15.2.